The van der Waals surface area contributed by atoms with Crippen molar-refractivity contribution in [1.29, 1.82) is 0 Å². The van der Waals surface area contributed by atoms with Crippen molar-refractivity contribution in [2.75, 3.05) is 0 Å². The van der Waals surface area contributed by atoms with Crippen LogP contribution in [-0.4, -0.2) is 4.98 Å². The van der Waals surface area contributed by atoms with Crippen LogP contribution in [0.1, 0.15) is 244 Å². The second kappa shape index (κ2) is 29.0. The van der Waals surface area contributed by atoms with Crippen molar-refractivity contribution in [2.24, 2.45) is 0 Å². The standard InChI is InChI=1S/C40H78N2/c1-6-8-10-12-14-16-18-20-21-23-25-27-29-31-33-35-39-36-41-40(37(3)4)42(39)38(5)34-32-30-28-26-24-22-19-17-15-13-11-9-7-2/h36-38H,6-35H2,1-5H3/p+1. The Bertz CT molecular complexity index is 675. The Morgan fingerprint density at radius 2 is 0.810 bits per heavy atom. The lowest BCUT2D eigenvalue weighted by Gasteiger charge is -2.15. The van der Waals surface area contributed by atoms with Crippen molar-refractivity contribution in [3.05, 3.63) is 17.7 Å². The van der Waals surface area contributed by atoms with Crippen LogP contribution < -0.4 is 4.57 Å². The highest BCUT2D eigenvalue weighted by molar-refractivity contribution is 4.95. The number of rotatable bonds is 32. The lowest BCUT2D eigenvalue weighted by molar-refractivity contribution is -0.733. The molecular weight excluding hydrogens is 508 g/mol. The number of hydrogen-bond donors (Lipinski definition) is 1. The lowest BCUT2D eigenvalue weighted by Crippen LogP contribution is -2.44. The molecule has 0 saturated carbocycles. The number of aryl methyl sites for hydroxylation is 1. The van der Waals surface area contributed by atoms with Gasteiger partial charge >= 0.3 is 0 Å². The van der Waals surface area contributed by atoms with Gasteiger partial charge in [-0.1, -0.05) is 195 Å². The summed E-state index contributed by atoms with van der Waals surface area (Å²) in [5.41, 5.74) is 1.55. The highest BCUT2D eigenvalue weighted by Gasteiger charge is 2.24. The third-order valence-electron chi connectivity index (χ3n) is 9.71. The van der Waals surface area contributed by atoms with Crippen LogP contribution in [0.5, 0.6) is 0 Å². The second-order valence-corrected chi connectivity index (χ2v) is 14.3. The van der Waals surface area contributed by atoms with Gasteiger partial charge in [0, 0.05) is 6.42 Å². The van der Waals surface area contributed by atoms with Crippen molar-refractivity contribution in [2.45, 2.75) is 239 Å². The van der Waals surface area contributed by atoms with E-state index in [0.717, 1.165) is 0 Å². The zero-order chi connectivity index (χ0) is 30.5. The average molecular weight is 588 g/mol. The van der Waals surface area contributed by atoms with E-state index in [-0.39, 0.29) is 0 Å². The first-order chi connectivity index (χ1) is 20.6. The van der Waals surface area contributed by atoms with E-state index in [2.05, 4.69) is 50.4 Å². The maximum atomic E-state index is 3.67. The summed E-state index contributed by atoms with van der Waals surface area (Å²) >= 11 is 0. The fraction of sp³-hybridized carbons (Fsp3) is 0.925. The van der Waals surface area contributed by atoms with Crippen LogP contribution >= 0.6 is 0 Å². The van der Waals surface area contributed by atoms with Crippen molar-refractivity contribution in [3.63, 3.8) is 0 Å². The van der Waals surface area contributed by atoms with Gasteiger partial charge < -0.3 is 0 Å². The highest BCUT2D eigenvalue weighted by atomic mass is 15.1. The van der Waals surface area contributed by atoms with E-state index >= 15 is 0 Å². The van der Waals surface area contributed by atoms with Crippen molar-refractivity contribution in [1.82, 2.24) is 4.98 Å². The van der Waals surface area contributed by atoms with Crippen molar-refractivity contribution in [3.8, 4) is 0 Å². The number of H-pyrrole nitrogens is 1. The molecule has 0 aliphatic heterocycles. The number of hydrogen-bond acceptors (Lipinski definition) is 0. The molecule has 0 aromatic carbocycles. The zero-order valence-electron chi connectivity index (χ0n) is 29.9. The quantitative estimate of drug-likeness (QED) is 0.0639. The van der Waals surface area contributed by atoms with Gasteiger partial charge in [-0.15, -0.1) is 0 Å². The van der Waals surface area contributed by atoms with E-state index in [1.807, 2.05) is 0 Å². The Hall–Kier alpha value is -0.790. The predicted octanol–water partition coefficient (Wildman–Crippen LogP) is 13.9. The first kappa shape index (κ1) is 39.2. The maximum Gasteiger partial charge on any atom is 0.257 e. The molecule has 1 aromatic heterocycles. The number of unbranched alkanes of at least 4 members (excludes halogenated alkanes) is 26. The SMILES string of the molecule is CCCCCCCCCCCCCCCCCc1c[nH]c(C(C)C)[n+]1C(C)CCCCCCCCCCCCCCC. The molecule has 1 N–H and O–H groups in total. The molecule has 2 heteroatoms. The molecule has 0 saturated heterocycles. The first-order valence-electron chi connectivity index (χ1n) is 19.7. The molecule has 1 heterocycles. The molecule has 0 aliphatic carbocycles. The summed E-state index contributed by atoms with van der Waals surface area (Å²) in [6, 6.07) is 0.618. The number of imidazole rings is 1. The van der Waals surface area contributed by atoms with E-state index < -0.39 is 0 Å². The Morgan fingerprint density at radius 3 is 1.17 bits per heavy atom. The van der Waals surface area contributed by atoms with E-state index in [0.29, 0.717) is 12.0 Å². The van der Waals surface area contributed by atoms with E-state index in [9.17, 15) is 0 Å². The zero-order valence-corrected chi connectivity index (χ0v) is 29.9. The van der Waals surface area contributed by atoms with Crippen LogP contribution in [0.15, 0.2) is 6.20 Å². The molecule has 1 aromatic rings. The van der Waals surface area contributed by atoms with Gasteiger partial charge in [0.15, 0.2) is 0 Å². The summed E-state index contributed by atoms with van der Waals surface area (Å²) in [5, 5.41) is 0. The molecule has 248 valence electrons. The second-order valence-electron chi connectivity index (χ2n) is 14.3. The highest BCUT2D eigenvalue weighted by Crippen LogP contribution is 2.20. The third-order valence-corrected chi connectivity index (χ3v) is 9.71. The van der Waals surface area contributed by atoms with Crippen LogP contribution in [0.3, 0.4) is 0 Å². The van der Waals surface area contributed by atoms with Gasteiger partial charge in [-0.2, -0.15) is 0 Å². The van der Waals surface area contributed by atoms with Crippen LogP contribution in [-0.2, 0) is 6.42 Å². The van der Waals surface area contributed by atoms with Gasteiger partial charge in [-0.05, 0) is 26.2 Å². The Kier molecular flexibility index (Phi) is 27.0. The smallest absolute Gasteiger partial charge is 0.247 e. The Balaban J connectivity index is 2.12. The molecule has 0 spiro atoms. The Labute approximate surface area is 266 Å². The first-order valence-corrected chi connectivity index (χ1v) is 19.7. The molecule has 42 heavy (non-hydrogen) atoms. The molecule has 0 fully saturated rings. The molecular formula is C40H79N2+. The van der Waals surface area contributed by atoms with Crippen LogP contribution in [0, 0.1) is 0 Å². The summed E-state index contributed by atoms with van der Waals surface area (Å²) in [5.74, 6) is 2.00. The molecule has 1 unspecified atom stereocenters. The lowest BCUT2D eigenvalue weighted by atomic mass is 10.0. The summed E-state index contributed by atoms with van der Waals surface area (Å²) < 4.78 is 2.69. The molecule has 0 amide bonds. The van der Waals surface area contributed by atoms with E-state index in [1.54, 1.807) is 5.69 Å². The van der Waals surface area contributed by atoms with E-state index in [1.165, 1.54) is 198 Å². The molecule has 0 bridgehead atoms. The minimum Gasteiger partial charge on any atom is -0.247 e. The van der Waals surface area contributed by atoms with Crippen molar-refractivity contribution < 1.29 is 4.57 Å². The van der Waals surface area contributed by atoms with Crippen LogP contribution in [0.4, 0.5) is 0 Å². The van der Waals surface area contributed by atoms with Gasteiger partial charge in [-0.3, -0.25) is 0 Å². The average Bonchev–Trinajstić information content (AvgIpc) is 3.42. The third kappa shape index (κ3) is 21.0. The van der Waals surface area contributed by atoms with Gasteiger partial charge in [0.2, 0.25) is 0 Å². The normalized spacial score (nSPS) is 12.5. The van der Waals surface area contributed by atoms with Gasteiger partial charge in [0.05, 0.1) is 12.0 Å². The molecule has 0 aliphatic rings. The minimum atomic E-state index is 0.564. The molecule has 1 atom stereocenters. The largest absolute Gasteiger partial charge is 0.257 e. The van der Waals surface area contributed by atoms with Crippen molar-refractivity contribution >= 4 is 0 Å². The maximum absolute atomic E-state index is 3.67. The van der Waals surface area contributed by atoms with E-state index in [4.69, 9.17) is 0 Å². The number of aromatic nitrogens is 2. The van der Waals surface area contributed by atoms with Gasteiger partial charge in [0.1, 0.15) is 11.9 Å². The minimum absolute atomic E-state index is 0.564. The van der Waals surface area contributed by atoms with Crippen LogP contribution in [0.2, 0.25) is 0 Å². The molecule has 0 radical (unpaired) electrons. The Morgan fingerprint density at radius 1 is 0.476 bits per heavy atom. The summed E-state index contributed by atoms with van der Waals surface area (Å²) in [7, 11) is 0. The van der Waals surface area contributed by atoms with Gasteiger partial charge in [-0.25, -0.2) is 9.55 Å². The fourth-order valence-electron chi connectivity index (χ4n) is 6.87. The fourth-order valence-corrected chi connectivity index (χ4v) is 6.87. The molecule has 1 rings (SSSR count). The van der Waals surface area contributed by atoms with Gasteiger partial charge in [0.25, 0.3) is 5.82 Å². The monoisotopic (exact) mass is 588 g/mol. The molecule has 2 nitrogen and oxygen atoms in total. The predicted molar refractivity (Wildman–Crippen MR) is 189 cm³/mol. The number of aromatic amines is 1. The number of nitrogens with zero attached hydrogens (tertiary/aromatic N) is 1. The summed E-state index contributed by atoms with van der Waals surface area (Å²) in [6.45, 7) is 11.8. The summed E-state index contributed by atoms with van der Waals surface area (Å²) in [4.78, 5) is 3.67. The number of nitrogens with one attached hydrogen (secondary N) is 1. The van der Waals surface area contributed by atoms with Crippen LogP contribution in [0.25, 0.3) is 0 Å². The summed E-state index contributed by atoms with van der Waals surface area (Å²) in [6.07, 6.45) is 45.2. The topological polar surface area (TPSA) is 19.7 Å².